The van der Waals surface area contributed by atoms with Crippen LogP contribution in [-0.4, -0.2) is 27.5 Å². The summed E-state index contributed by atoms with van der Waals surface area (Å²) >= 11 is 0. The fraction of sp³-hybridized carbons (Fsp3) is 0.571. The molecule has 1 aliphatic heterocycles. The average molecular weight is 282 g/mol. The van der Waals surface area contributed by atoms with Crippen LogP contribution in [0.15, 0.2) is 29.2 Å². The Morgan fingerprint density at radius 3 is 2.63 bits per heavy atom. The van der Waals surface area contributed by atoms with E-state index in [1.807, 2.05) is 12.1 Å². The third-order valence-electron chi connectivity index (χ3n) is 3.54. The lowest BCUT2D eigenvalue weighted by Crippen LogP contribution is -2.35. The van der Waals surface area contributed by atoms with Gasteiger partial charge in [0.2, 0.25) is 10.0 Å². The fourth-order valence-corrected chi connectivity index (χ4v) is 3.63. The minimum absolute atomic E-state index is 0.0471. The maximum absolute atomic E-state index is 12.3. The highest BCUT2D eigenvalue weighted by atomic mass is 32.2. The first-order valence-corrected chi connectivity index (χ1v) is 8.42. The number of hydrogen-bond donors (Lipinski definition) is 2. The van der Waals surface area contributed by atoms with E-state index in [0.717, 1.165) is 44.3 Å². The van der Waals surface area contributed by atoms with Crippen LogP contribution in [0.3, 0.4) is 0 Å². The zero-order chi connectivity index (χ0) is 13.7. The Kier molecular flexibility index (Phi) is 4.96. The van der Waals surface area contributed by atoms with Crippen molar-refractivity contribution in [3.8, 4) is 0 Å². The first-order valence-electron chi connectivity index (χ1n) is 6.94. The molecule has 5 heteroatoms. The predicted octanol–water partition coefficient (Wildman–Crippen LogP) is 1.67. The molecule has 0 bridgehead atoms. The molecule has 1 saturated heterocycles. The second-order valence-electron chi connectivity index (χ2n) is 5.00. The first-order chi connectivity index (χ1) is 9.12. The van der Waals surface area contributed by atoms with E-state index in [1.54, 1.807) is 12.1 Å². The molecule has 106 valence electrons. The van der Waals surface area contributed by atoms with Crippen LogP contribution in [0.5, 0.6) is 0 Å². The van der Waals surface area contributed by atoms with Crippen LogP contribution in [0.25, 0.3) is 0 Å². The van der Waals surface area contributed by atoms with E-state index in [1.165, 1.54) is 0 Å². The van der Waals surface area contributed by atoms with E-state index < -0.39 is 10.0 Å². The summed E-state index contributed by atoms with van der Waals surface area (Å²) < 4.78 is 27.4. The minimum atomic E-state index is -3.38. The van der Waals surface area contributed by atoms with E-state index in [0.29, 0.717) is 4.90 Å². The van der Waals surface area contributed by atoms with Gasteiger partial charge in [0.05, 0.1) is 4.90 Å². The van der Waals surface area contributed by atoms with E-state index >= 15 is 0 Å². The summed E-state index contributed by atoms with van der Waals surface area (Å²) in [5, 5.41) is 3.28. The number of hydrogen-bond acceptors (Lipinski definition) is 3. The normalized spacial score (nSPS) is 21.0. The molecule has 1 aliphatic rings. The Hall–Kier alpha value is -0.910. The molecule has 2 rings (SSSR count). The third-order valence-corrected chi connectivity index (χ3v) is 5.08. The summed E-state index contributed by atoms with van der Waals surface area (Å²) in [7, 11) is -3.38. The number of nitrogens with one attached hydrogen (secondary N) is 2. The molecular weight excluding hydrogens is 260 g/mol. The molecule has 19 heavy (non-hydrogen) atoms. The van der Waals surface area contributed by atoms with Gasteiger partial charge in [-0.25, -0.2) is 13.1 Å². The number of aryl methyl sites for hydroxylation is 1. The first kappa shape index (κ1) is 14.5. The molecule has 1 atom stereocenters. The SMILES string of the molecule is CCc1ccc(S(=O)(=O)NC2CCCNCC2)cc1. The third kappa shape index (κ3) is 4.03. The summed E-state index contributed by atoms with van der Waals surface area (Å²) in [6, 6.07) is 7.18. The number of sulfonamides is 1. The molecule has 1 aromatic carbocycles. The summed E-state index contributed by atoms with van der Waals surface area (Å²) in [5.41, 5.74) is 1.15. The zero-order valence-electron chi connectivity index (χ0n) is 11.4. The van der Waals surface area contributed by atoms with Crippen LogP contribution in [0, 0.1) is 0 Å². The second kappa shape index (κ2) is 6.50. The molecule has 0 aliphatic carbocycles. The Bertz CT molecular complexity index is 489. The van der Waals surface area contributed by atoms with Crippen molar-refractivity contribution in [1.82, 2.24) is 10.0 Å². The van der Waals surface area contributed by atoms with Gasteiger partial charge in [0.15, 0.2) is 0 Å². The monoisotopic (exact) mass is 282 g/mol. The number of benzene rings is 1. The molecule has 0 spiro atoms. The van der Waals surface area contributed by atoms with Crippen molar-refractivity contribution in [1.29, 1.82) is 0 Å². The molecule has 1 unspecified atom stereocenters. The highest BCUT2D eigenvalue weighted by Gasteiger charge is 2.20. The van der Waals surface area contributed by atoms with Crippen LogP contribution >= 0.6 is 0 Å². The summed E-state index contributed by atoms with van der Waals surface area (Å²) in [6.45, 7) is 3.91. The van der Waals surface area contributed by atoms with Crippen molar-refractivity contribution < 1.29 is 8.42 Å². The summed E-state index contributed by atoms with van der Waals surface area (Å²) in [4.78, 5) is 0.363. The summed E-state index contributed by atoms with van der Waals surface area (Å²) in [5.74, 6) is 0. The lowest BCUT2D eigenvalue weighted by Gasteiger charge is -2.16. The van der Waals surface area contributed by atoms with Crippen molar-refractivity contribution in [3.05, 3.63) is 29.8 Å². The molecule has 0 radical (unpaired) electrons. The smallest absolute Gasteiger partial charge is 0.240 e. The van der Waals surface area contributed by atoms with Crippen LogP contribution < -0.4 is 10.0 Å². The summed E-state index contributed by atoms with van der Waals surface area (Å²) in [6.07, 6.45) is 3.69. The standard InChI is InChI=1S/C14H22N2O2S/c1-2-12-5-7-14(8-6-12)19(17,18)16-13-4-3-10-15-11-9-13/h5-8,13,15-16H,2-4,9-11H2,1H3. The number of rotatable bonds is 4. The minimum Gasteiger partial charge on any atom is -0.317 e. The van der Waals surface area contributed by atoms with Gasteiger partial charge in [0.1, 0.15) is 0 Å². The van der Waals surface area contributed by atoms with Crippen molar-refractivity contribution in [2.45, 2.75) is 43.5 Å². The highest BCUT2D eigenvalue weighted by molar-refractivity contribution is 7.89. The van der Waals surface area contributed by atoms with Gasteiger partial charge in [-0.2, -0.15) is 0 Å². The van der Waals surface area contributed by atoms with Crippen molar-refractivity contribution in [3.63, 3.8) is 0 Å². The van der Waals surface area contributed by atoms with Crippen LogP contribution in [-0.2, 0) is 16.4 Å². The van der Waals surface area contributed by atoms with Crippen LogP contribution in [0.2, 0.25) is 0 Å². The van der Waals surface area contributed by atoms with Crippen LogP contribution in [0.4, 0.5) is 0 Å². The lowest BCUT2D eigenvalue weighted by atomic mass is 10.1. The van der Waals surface area contributed by atoms with E-state index in [9.17, 15) is 8.42 Å². The second-order valence-corrected chi connectivity index (χ2v) is 6.71. The van der Waals surface area contributed by atoms with Crippen molar-refractivity contribution in [2.75, 3.05) is 13.1 Å². The fourth-order valence-electron chi connectivity index (χ4n) is 2.33. The van der Waals surface area contributed by atoms with E-state index in [4.69, 9.17) is 0 Å². The van der Waals surface area contributed by atoms with Gasteiger partial charge in [-0.1, -0.05) is 19.1 Å². The average Bonchev–Trinajstić information content (AvgIpc) is 2.67. The molecule has 1 aromatic rings. The van der Waals surface area contributed by atoms with Gasteiger partial charge >= 0.3 is 0 Å². The van der Waals surface area contributed by atoms with E-state index in [-0.39, 0.29) is 6.04 Å². The Morgan fingerprint density at radius 1 is 1.21 bits per heavy atom. The quantitative estimate of drug-likeness (QED) is 0.883. The molecular formula is C14H22N2O2S. The van der Waals surface area contributed by atoms with Gasteiger partial charge in [-0.15, -0.1) is 0 Å². The Morgan fingerprint density at radius 2 is 1.95 bits per heavy atom. The maximum Gasteiger partial charge on any atom is 0.240 e. The van der Waals surface area contributed by atoms with Crippen molar-refractivity contribution in [2.24, 2.45) is 0 Å². The van der Waals surface area contributed by atoms with E-state index in [2.05, 4.69) is 17.0 Å². The van der Waals surface area contributed by atoms with Gasteiger partial charge in [0, 0.05) is 6.04 Å². The Labute approximate surface area is 115 Å². The molecule has 1 fully saturated rings. The molecule has 4 nitrogen and oxygen atoms in total. The highest BCUT2D eigenvalue weighted by Crippen LogP contribution is 2.14. The van der Waals surface area contributed by atoms with Crippen molar-refractivity contribution >= 4 is 10.0 Å². The maximum atomic E-state index is 12.3. The molecule has 1 heterocycles. The molecule has 2 N–H and O–H groups in total. The van der Waals surface area contributed by atoms with Gasteiger partial charge in [-0.3, -0.25) is 0 Å². The molecule has 0 aromatic heterocycles. The zero-order valence-corrected chi connectivity index (χ0v) is 12.2. The van der Waals surface area contributed by atoms with Gasteiger partial charge in [0.25, 0.3) is 0 Å². The van der Waals surface area contributed by atoms with Gasteiger partial charge < -0.3 is 5.32 Å². The van der Waals surface area contributed by atoms with Crippen LogP contribution in [0.1, 0.15) is 31.7 Å². The topological polar surface area (TPSA) is 58.2 Å². The van der Waals surface area contributed by atoms with Gasteiger partial charge in [-0.05, 0) is 56.5 Å². The Balaban J connectivity index is 2.07. The lowest BCUT2D eigenvalue weighted by molar-refractivity contribution is 0.518. The molecule has 0 saturated carbocycles. The molecule has 0 amide bonds. The largest absolute Gasteiger partial charge is 0.317 e. The predicted molar refractivity (Wildman–Crippen MR) is 76.7 cm³/mol.